The van der Waals surface area contributed by atoms with Crippen LogP contribution in [0.2, 0.25) is 0 Å². The molecule has 1 aromatic rings. The number of rotatable bonds is 7. The Hall–Kier alpha value is -1.13. The molecule has 0 saturated heterocycles. The molecule has 0 aromatic carbocycles. The van der Waals surface area contributed by atoms with Gasteiger partial charge in [-0.15, -0.1) is 0 Å². The maximum atomic E-state index is 5.67. The predicted octanol–water partition coefficient (Wildman–Crippen LogP) is 1.63. The van der Waals surface area contributed by atoms with Crippen LogP contribution in [0.4, 0.5) is 5.82 Å². The molecule has 0 unspecified atom stereocenters. The minimum Gasteiger partial charge on any atom is -0.355 e. The van der Waals surface area contributed by atoms with Gasteiger partial charge in [-0.2, -0.15) is 0 Å². The summed E-state index contributed by atoms with van der Waals surface area (Å²) in [5, 5.41) is 0. The minimum atomic E-state index is 0.560. The van der Waals surface area contributed by atoms with Crippen LogP contribution in [-0.2, 0) is 6.54 Å². The lowest BCUT2D eigenvalue weighted by Crippen LogP contribution is -2.33. The summed E-state index contributed by atoms with van der Waals surface area (Å²) in [5.74, 6) is 1.06. The topological polar surface area (TPSA) is 45.4 Å². The highest BCUT2D eigenvalue weighted by atomic mass is 15.2. The van der Waals surface area contributed by atoms with Crippen molar-refractivity contribution in [2.24, 2.45) is 5.73 Å². The number of pyridine rings is 1. The van der Waals surface area contributed by atoms with Gasteiger partial charge >= 0.3 is 0 Å². The van der Waals surface area contributed by atoms with Crippen LogP contribution < -0.4 is 10.6 Å². The van der Waals surface area contributed by atoms with Crippen LogP contribution in [0, 0.1) is 6.92 Å². The maximum Gasteiger partial charge on any atom is 0.128 e. The fourth-order valence-corrected chi connectivity index (χ4v) is 1.90. The second kappa shape index (κ2) is 7.34. The van der Waals surface area contributed by atoms with Crippen molar-refractivity contribution >= 4 is 5.82 Å². The number of likely N-dealkylation sites (N-methyl/N-ethyl adjacent to an activating group) is 1. The van der Waals surface area contributed by atoms with Crippen LogP contribution in [0.5, 0.6) is 0 Å². The van der Waals surface area contributed by atoms with Crippen molar-refractivity contribution in [1.29, 1.82) is 0 Å². The Morgan fingerprint density at radius 3 is 2.39 bits per heavy atom. The Morgan fingerprint density at radius 1 is 1.17 bits per heavy atom. The molecule has 4 heteroatoms. The van der Waals surface area contributed by atoms with Gasteiger partial charge < -0.3 is 15.5 Å². The van der Waals surface area contributed by atoms with Crippen LogP contribution in [0.15, 0.2) is 12.1 Å². The maximum absolute atomic E-state index is 5.67. The normalized spacial score (nSPS) is 11.0. The Balaban J connectivity index is 2.81. The quantitative estimate of drug-likeness (QED) is 0.799. The third kappa shape index (κ3) is 4.27. The third-order valence-corrected chi connectivity index (χ3v) is 3.04. The SMILES string of the molecule is CCCN(CCN(C)C)c1ccc(CN)c(C)n1. The van der Waals surface area contributed by atoms with Crippen LogP contribution >= 0.6 is 0 Å². The molecule has 1 aromatic heterocycles. The van der Waals surface area contributed by atoms with Crippen LogP contribution in [0.1, 0.15) is 24.6 Å². The van der Waals surface area contributed by atoms with Crippen LogP contribution in [0.25, 0.3) is 0 Å². The van der Waals surface area contributed by atoms with Crippen LogP contribution in [0.3, 0.4) is 0 Å². The summed E-state index contributed by atoms with van der Waals surface area (Å²) in [4.78, 5) is 9.21. The molecule has 1 heterocycles. The Morgan fingerprint density at radius 2 is 1.89 bits per heavy atom. The average molecular weight is 250 g/mol. The van der Waals surface area contributed by atoms with E-state index in [4.69, 9.17) is 5.73 Å². The van der Waals surface area contributed by atoms with Crippen molar-refractivity contribution in [2.75, 3.05) is 38.6 Å². The molecule has 1 rings (SSSR count). The lowest BCUT2D eigenvalue weighted by atomic mass is 10.2. The lowest BCUT2D eigenvalue weighted by Gasteiger charge is -2.25. The molecule has 2 N–H and O–H groups in total. The fraction of sp³-hybridized carbons (Fsp3) is 0.643. The molecule has 102 valence electrons. The summed E-state index contributed by atoms with van der Waals surface area (Å²) >= 11 is 0. The number of hydrogen-bond acceptors (Lipinski definition) is 4. The highest BCUT2D eigenvalue weighted by Crippen LogP contribution is 2.15. The van der Waals surface area contributed by atoms with Gasteiger partial charge in [0.25, 0.3) is 0 Å². The van der Waals surface area contributed by atoms with Gasteiger partial charge in [0.05, 0.1) is 0 Å². The smallest absolute Gasteiger partial charge is 0.128 e. The molecule has 0 atom stereocenters. The predicted molar refractivity (Wildman–Crippen MR) is 77.9 cm³/mol. The van der Waals surface area contributed by atoms with Crippen molar-refractivity contribution < 1.29 is 0 Å². The standard InChI is InChI=1S/C14H26N4/c1-5-8-18(10-9-17(3)4)14-7-6-13(11-15)12(2)16-14/h6-7H,5,8-11,15H2,1-4H3. The average Bonchev–Trinajstić information content (AvgIpc) is 2.34. The Kier molecular flexibility index (Phi) is 6.09. The van der Waals surface area contributed by atoms with Gasteiger partial charge in [0.2, 0.25) is 0 Å². The van der Waals surface area contributed by atoms with Gasteiger partial charge in [0, 0.05) is 31.9 Å². The third-order valence-electron chi connectivity index (χ3n) is 3.04. The molecule has 0 radical (unpaired) electrons. The molecular weight excluding hydrogens is 224 g/mol. The first-order valence-electron chi connectivity index (χ1n) is 6.64. The Bertz CT molecular complexity index is 363. The van der Waals surface area contributed by atoms with E-state index in [1.165, 1.54) is 0 Å². The first-order chi connectivity index (χ1) is 8.58. The molecule has 0 saturated carbocycles. The van der Waals surface area contributed by atoms with E-state index in [1.807, 2.05) is 6.92 Å². The van der Waals surface area contributed by atoms with Crippen molar-refractivity contribution in [2.45, 2.75) is 26.8 Å². The van der Waals surface area contributed by atoms with Crippen molar-refractivity contribution in [3.05, 3.63) is 23.4 Å². The van der Waals surface area contributed by atoms with Gasteiger partial charge in [-0.3, -0.25) is 0 Å². The molecule has 4 nitrogen and oxygen atoms in total. The number of nitrogens with zero attached hydrogens (tertiary/aromatic N) is 3. The molecule has 0 aliphatic rings. The number of aryl methyl sites for hydroxylation is 1. The first kappa shape index (κ1) is 14.9. The van der Waals surface area contributed by atoms with E-state index in [1.54, 1.807) is 0 Å². The molecule has 0 bridgehead atoms. The van der Waals surface area contributed by atoms with E-state index in [-0.39, 0.29) is 0 Å². The van der Waals surface area contributed by atoms with E-state index in [0.29, 0.717) is 6.54 Å². The zero-order valence-electron chi connectivity index (χ0n) is 12.1. The number of anilines is 1. The highest BCUT2D eigenvalue weighted by Gasteiger charge is 2.09. The monoisotopic (exact) mass is 250 g/mol. The molecule has 0 aliphatic carbocycles. The van der Waals surface area contributed by atoms with E-state index >= 15 is 0 Å². The van der Waals surface area contributed by atoms with E-state index < -0.39 is 0 Å². The van der Waals surface area contributed by atoms with E-state index in [9.17, 15) is 0 Å². The second-order valence-corrected chi connectivity index (χ2v) is 4.91. The molecule has 18 heavy (non-hydrogen) atoms. The molecule has 0 fully saturated rings. The molecule has 0 aliphatic heterocycles. The zero-order valence-corrected chi connectivity index (χ0v) is 12.1. The summed E-state index contributed by atoms with van der Waals surface area (Å²) in [7, 11) is 4.20. The molecule has 0 spiro atoms. The van der Waals surface area contributed by atoms with E-state index in [0.717, 1.165) is 43.1 Å². The first-order valence-corrected chi connectivity index (χ1v) is 6.64. The van der Waals surface area contributed by atoms with Crippen molar-refractivity contribution in [3.63, 3.8) is 0 Å². The highest BCUT2D eigenvalue weighted by molar-refractivity contribution is 5.41. The number of aromatic nitrogens is 1. The van der Waals surface area contributed by atoms with E-state index in [2.05, 4.69) is 47.9 Å². The second-order valence-electron chi connectivity index (χ2n) is 4.91. The van der Waals surface area contributed by atoms with Gasteiger partial charge in [0.15, 0.2) is 0 Å². The Labute approximate surface area is 111 Å². The van der Waals surface area contributed by atoms with Gasteiger partial charge in [0.1, 0.15) is 5.82 Å². The number of hydrogen-bond donors (Lipinski definition) is 1. The largest absolute Gasteiger partial charge is 0.355 e. The lowest BCUT2D eigenvalue weighted by molar-refractivity contribution is 0.412. The van der Waals surface area contributed by atoms with Gasteiger partial charge in [-0.05, 0) is 39.1 Å². The number of nitrogens with two attached hydrogens (primary N) is 1. The summed E-state index contributed by atoms with van der Waals surface area (Å²) in [6.45, 7) is 7.88. The van der Waals surface area contributed by atoms with Crippen molar-refractivity contribution in [1.82, 2.24) is 9.88 Å². The zero-order chi connectivity index (χ0) is 13.5. The van der Waals surface area contributed by atoms with Crippen molar-refractivity contribution in [3.8, 4) is 0 Å². The minimum absolute atomic E-state index is 0.560. The molecule has 0 amide bonds. The summed E-state index contributed by atoms with van der Waals surface area (Å²) in [6.07, 6.45) is 1.13. The van der Waals surface area contributed by atoms with Gasteiger partial charge in [-0.1, -0.05) is 13.0 Å². The van der Waals surface area contributed by atoms with Gasteiger partial charge in [-0.25, -0.2) is 4.98 Å². The summed E-state index contributed by atoms with van der Waals surface area (Å²) in [6, 6.07) is 4.18. The molecular formula is C14H26N4. The van der Waals surface area contributed by atoms with Crippen LogP contribution in [-0.4, -0.2) is 43.6 Å². The fourth-order valence-electron chi connectivity index (χ4n) is 1.90. The summed E-state index contributed by atoms with van der Waals surface area (Å²) in [5.41, 5.74) is 7.84. The summed E-state index contributed by atoms with van der Waals surface area (Å²) < 4.78 is 0.